The molecule has 1 atom stereocenters. The largest absolute Gasteiger partial charge is 0.337 e. The van der Waals surface area contributed by atoms with Gasteiger partial charge in [-0.25, -0.2) is 13.8 Å². The van der Waals surface area contributed by atoms with Crippen molar-refractivity contribution in [1.29, 1.82) is 5.26 Å². The SMILES string of the molecule is N#CC(NC(=O)CCc1nc2ccccc2c(=O)n1C1CC1)c1ccc(F)cc1F. The minimum Gasteiger partial charge on any atom is -0.337 e. The Morgan fingerprint density at radius 3 is 2.73 bits per heavy atom. The first-order chi connectivity index (χ1) is 14.5. The molecule has 1 N–H and O–H groups in total. The summed E-state index contributed by atoms with van der Waals surface area (Å²) >= 11 is 0. The van der Waals surface area contributed by atoms with Gasteiger partial charge in [-0.1, -0.05) is 18.2 Å². The Balaban J connectivity index is 1.52. The number of nitrogens with zero attached hydrogens (tertiary/aromatic N) is 3. The van der Waals surface area contributed by atoms with Crippen molar-refractivity contribution in [3.05, 3.63) is 75.8 Å². The maximum absolute atomic E-state index is 13.9. The number of rotatable bonds is 6. The molecule has 1 aliphatic rings. The van der Waals surface area contributed by atoms with Gasteiger partial charge < -0.3 is 5.32 Å². The first kappa shape index (κ1) is 19.7. The third-order valence-electron chi connectivity index (χ3n) is 5.08. The monoisotopic (exact) mass is 408 g/mol. The van der Waals surface area contributed by atoms with Gasteiger partial charge in [0.1, 0.15) is 23.5 Å². The predicted molar refractivity (Wildman–Crippen MR) is 105 cm³/mol. The second kappa shape index (κ2) is 8.03. The molecule has 0 saturated heterocycles. The maximum Gasteiger partial charge on any atom is 0.261 e. The van der Waals surface area contributed by atoms with E-state index in [2.05, 4.69) is 10.3 Å². The van der Waals surface area contributed by atoms with Crippen LogP contribution in [0.15, 0.2) is 47.3 Å². The molecule has 8 heteroatoms. The van der Waals surface area contributed by atoms with E-state index in [0.717, 1.165) is 25.0 Å². The summed E-state index contributed by atoms with van der Waals surface area (Å²) in [6.45, 7) is 0. The van der Waals surface area contributed by atoms with Crippen molar-refractivity contribution in [2.24, 2.45) is 0 Å². The highest BCUT2D eigenvalue weighted by Gasteiger charge is 2.28. The van der Waals surface area contributed by atoms with E-state index >= 15 is 0 Å². The van der Waals surface area contributed by atoms with E-state index in [-0.39, 0.29) is 30.0 Å². The second-order valence-electron chi connectivity index (χ2n) is 7.25. The van der Waals surface area contributed by atoms with Crippen LogP contribution in [0.2, 0.25) is 0 Å². The minimum atomic E-state index is -1.24. The van der Waals surface area contributed by atoms with Gasteiger partial charge >= 0.3 is 0 Å². The molecule has 152 valence electrons. The van der Waals surface area contributed by atoms with Crippen molar-refractivity contribution in [1.82, 2.24) is 14.9 Å². The van der Waals surface area contributed by atoms with Crippen molar-refractivity contribution >= 4 is 16.8 Å². The number of amides is 1. The number of hydrogen-bond acceptors (Lipinski definition) is 4. The van der Waals surface area contributed by atoms with E-state index in [1.54, 1.807) is 28.8 Å². The van der Waals surface area contributed by atoms with E-state index in [4.69, 9.17) is 0 Å². The molecule has 0 bridgehead atoms. The van der Waals surface area contributed by atoms with Crippen LogP contribution in [0.5, 0.6) is 0 Å². The molecule has 30 heavy (non-hydrogen) atoms. The van der Waals surface area contributed by atoms with Crippen molar-refractivity contribution in [2.45, 2.75) is 37.8 Å². The average molecular weight is 408 g/mol. The molecule has 1 aliphatic carbocycles. The zero-order chi connectivity index (χ0) is 21.3. The van der Waals surface area contributed by atoms with E-state index in [9.17, 15) is 23.6 Å². The molecule has 4 rings (SSSR count). The fourth-order valence-electron chi connectivity index (χ4n) is 3.45. The topological polar surface area (TPSA) is 87.8 Å². The average Bonchev–Trinajstić information content (AvgIpc) is 3.56. The summed E-state index contributed by atoms with van der Waals surface area (Å²) in [5, 5.41) is 12.3. The number of nitrogens with one attached hydrogen (secondary N) is 1. The molecular weight excluding hydrogens is 390 g/mol. The number of aromatic nitrogens is 2. The van der Waals surface area contributed by atoms with Crippen molar-refractivity contribution in [3.63, 3.8) is 0 Å². The van der Waals surface area contributed by atoms with Crippen molar-refractivity contribution in [2.75, 3.05) is 0 Å². The van der Waals surface area contributed by atoms with Gasteiger partial charge in [-0.2, -0.15) is 5.26 Å². The fourth-order valence-corrected chi connectivity index (χ4v) is 3.45. The number of halogens is 2. The summed E-state index contributed by atoms with van der Waals surface area (Å²) in [5.41, 5.74) is 0.339. The van der Waals surface area contributed by atoms with Gasteiger partial charge in [0.15, 0.2) is 0 Å². The summed E-state index contributed by atoms with van der Waals surface area (Å²) in [5.74, 6) is -1.65. The molecule has 1 heterocycles. The molecular formula is C22H18F2N4O2. The van der Waals surface area contributed by atoms with Crippen LogP contribution in [-0.2, 0) is 11.2 Å². The standard InChI is InChI=1S/C22H18F2N4O2/c23-13-5-8-15(17(24)11-13)19(12-25)27-21(29)10-9-20-26-18-4-2-1-3-16(18)22(30)28(20)14-6-7-14/h1-5,8,11,14,19H,6-7,9-10H2,(H,27,29). The molecule has 0 spiro atoms. The summed E-state index contributed by atoms with van der Waals surface area (Å²) in [6, 6.07) is 10.6. The Morgan fingerprint density at radius 2 is 2.03 bits per heavy atom. The zero-order valence-corrected chi connectivity index (χ0v) is 15.9. The molecule has 6 nitrogen and oxygen atoms in total. The molecule has 1 fully saturated rings. The molecule has 1 unspecified atom stereocenters. The number of carbonyl (C=O) groups is 1. The first-order valence-electron chi connectivity index (χ1n) is 9.62. The summed E-state index contributed by atoms with van der Waals surface area (Å²) < 4.78 is 28.7. The molecule has 1 aromatic heterocycles. The molecule has 1 amide bonds. The minimum absolute atomic E-state index is 0.0293. The van der Waals surface area contributed by atoms with Crippen LogP contribution in [0.3, 0.4) is 0 Å². The van der Waals surface area contributed by atoms with Gasteiger partial charge in [0.25, 0.3) is 5.56 Å². The number of fused-ring (bicyclic) bond motifs is 1. The summed E-state index contributed by atoms with van der Waals surface area (Å²) in [4.78, 5) is 29.8. The zero-order valence-electron chi connectivity index (χ0n) is 15.9. The van der Waals surface area contributed by atoms with Gasteiger partial charge in [-0.05, 0) is 31.0 Å². The Morgan fingerprint density at radius 1 is 1.27 bits per heavy atom. The number of hydrogen-bond donors (Lipinski definition) is 1. The van der Waals surface area contributed by atoms with Gasteiger partial charge in [0, 0.05) is 30.5 Å². The van der Waals surface area contributed by atoms with E-state index in [1.807, 2.05) is 6.07 Å². The highest BCUT2D eigenvalue weighted by molar-refractivity contribution is 5.78. The van der Waals surface area contributed by atoms with Crippen LogP contribution in [0, 0.1) is 23.0 Å². The quantitative estimate of drug-likeness (QED) is 0.678. The third-order valence-corrected chi connectivity index (χ3v) is 5.08. The normalized spacial score (nSPS) is 14.3. The first-order valence-corrected chi connectivity index (χ1v) is 9.62. The summed E-state index contributed by atoms with van der Waals surface area (Å²) in [6.07, 6.45) is 1.95. The van der Waals surface area contributed by atoms with Crippen molar-refractivity contribution in [3.8, 4) is 6.07 Å². The molecule has 0 aliphatic heterocycles. The number of nitriles is 1. The number of para-hydroxylation sites is 1. The van der Waals surface area contributed by atoms with Crippen LogP contribution in [0.1, 0.15) is 42.7 Å². The summed E-state index contributed by atoms with van der Waals surface area (Å²) in [7, 11) is 0. The Kier molecular flexibility index (Phi) is 5.27. The Bertz CT molecular complexity index is 1230. The highest BCUT2D eigenvalue weighted by atomic mass is 19.1. The van der Waals surface area contributed by atoms with Gasteiger partial charge in [-0.3, -0.25) is 14.2 Å². The van der Waals surface area contributed by atoms with Crippen LogP contribution >= 0.6 is 0 Å². The smallest absolute Gasteiger partial charge is 0.261 e. The van der Waals surface area contributed by atoms with Gasteiger partial charge in [0.05, 0.1) is 17.0 Å². The van der Waals surface area contributed by atoms with Crippen LogP contribution in [-0.4, -0.2) is 15.5 Å². The van der Waals surface area contributed by atoms with E-state index in [1.165, 1.54) is 0 Å². The lowest BCUT2D eigenvalue weighted by Gasteiger charge is -2.15. The van der Waals surface area contributed by atoms with E-state index in [0.29, 0.717) is 22.8 Å². The molecule has 0 radical (unpaired) electrons. The molecule has 2 aromatic carbocycles. The van der Waals surface area contributed by atoms with Crippen LogP contribution in [0.25, 0.3) is 10.9 Å². The third kappa shape index (κ3) is 3.92. The van der Waals surface area contributed by atoms with Crippen LogP contribution in [0.4, 0.5) is 8.78 Å². The van der Waals surface area contributed by atoms with Crippen molar-refractivity contribution < 1.29 is 13.6 Å². The number of carbonyl (C=O) groups excluding carboxylic acids is 1. The Labute approximate surface area is 170 Å². The fraction of sp³-hybridized carbons (Fsp3) is 0.273. The maximum atomic E-state index is 13.9. The van der Waals surface area contributed by atoms with Gasteiger partial charge in [-0.15, -0.1) is 0 Å². The lowest BCUT2D eigenvalue weighted by atomic mass is 10.1. The highest BCUT2D eigenvalue weighted by Crippen LogP contribution is 2.35. The molecule has 3 aromatic rings. The lowest BCUT2D eigenvalue weighted by molar-refractivity contribution is -0.121. The Hall–Kier alpha value is -3.60. The number of aryl methyl sites for hydroxylation is 1. The van der Waals surface area contributed by atoms with Crippen LogP contribution < -0.4 is 10.9 Å². The van der Waals surface area contributed by atoms with E-state index < -0.39 is 23.6 Å². The lowest BCUT2D eigenvalue weighted by Crippen LogP contribution is -2.30. The molecule has 1 saturated carbocycles. The van der Waals surface area contributed by atoms with Gasteiger partial charge in [0.2, 0.25) is 5.91 Å². The number of benzene rings is 2. The second-order valence-corrected chi connectivity index (χ2v) is 7.25. The predicted octanol–water partition coefficient (Wildman–Crippen LogP) is 3.32.